The maximum atomic E-state index is 10.4. The summed E-state index contributed by atoms with van der Waals surface area (Å²) in [4.78, 5) is 10.4. The van der Waals surface area contributed by atoms with E-state index in [0.717, 1.165) is 0 Å². The minimum absolute atomic E-state index is 0.0926. The first-order chi connectivity index (χ1) is 5.31. The van der Waals surface area contributed by atoms with E-state index in [0.29, 0.717) is 12.8 Å². The number of primary amides is 1. The summed E-state index contributed by atoms with van der Waals surface area (Å²) in [7, 11) is 0. The smallest absolute Gasteiger partial charge is 0.217 e. The van der Waals surface area contributed by atoms with Gasteiger partial charge in [-0.3, -0.25) is 4.79 Å². The molecule has 0 spiro atoms. The van der Waals surface area contributed by atoms with E-state index in [9.17, 15) is 4.79 Å². The highest BCUT2D eigenvalue weighted by molar-refractivity contribution is 9.09. The zero-order valence-corrected chi connectivity index (χ0v) is 9.35. The fourth-order valence-corrected chi connectivity index (χ4v) is 1.49. The van der Waals surface area contributed by atoms with Gasteiger partial charge in [0.1, 0.15) is 5.01 Å². The van der Waals surface area contributed by atoms with Gasteiger partial charge in [-0.25, -0.2) is 0 Å². The van der Waals surface area contributed by atoms with Crippen LogP contribution in [0.2, 0.25) is 0 Å². The molecule has 0 saturated heterocycles. The van der Waals surface area contributed by atoms with E-state index in [1.165, 1.54) is 0 Å². The maximum absolute atomic E-state index is 10.4. The second-order valence-electron chi connectivity index (χ2n) is 3.65. The number of hydrogen-bond acceptors (Lipinski definition) is 2. The van der Waals surface area contributed by atoms with E-state index in [2.05, 4.69) is 15.9 Å². The summed E-state index contributed by atoms with van der Waals surface area (Å²) >= 11 is 3.31. The Morgan fingerprint density at radius 3 is 2.42 bits per heavy atom. The summed E-state index contributed by atoms with van der Waals surface area (Å²) in [6.45, 7) is 5.89. The highest BCUT2D eigenvalue weighted by Crippen LogP contribution is 2.18. The van der Waals surface area contributed by atoms with Gasteiger partial charge in [-0.1, -0.05) is 15.9 Å². The molecule has 72 valence electrons. The van der Waals surface area contributed by atoms with Crippen molar-refractivity contribution in [2.75, 3.05) is 0 Å². The van der Waals surface area contributed by atoms with Gasteiger partial charge >= 0.3 is 0 Å². The molecule has 0 aliphatic carbocycles. The summed E-state index contributed by atoms with van der Waals surface area (Å²) in [6, 6.07) is 0. The molecule has 0 aromatic carbocycles. The third-order valence-corrected chi connectivity index (χ3v) is 1.74. The van der Waals surface area contributed by atoms with Crippen molar-refractivity contribution >= 4 is 21.8 Å². The molecule has 0 heterocycles. The number of carbonyl (C=O) groups is 1. The Morgan fingerprint density at radius 2 is 2.08 bits per heavy atom. The van der Waals surface area contributed by atoms with Gasteiger partial charge in [-0.05, 0) is 27.2 Å². The van der Waals surface area contributed by atoms with E-state index < -0.39 is 0 Å². The lowest BCUT2D eigenvalue weighted by Crippen LogP contribution is -2.25. The van der Waals surface area contributed by atoms with Crippen molar-refractivity contribution in [1.82, 2.24) is 0 Å². The van der Waals surface area contributed by atoms with Crippen molar-refractivity contribution in [3.63, 3.8) is 0 Å². The van der Waals surface area contributed by atoms with Crippen molar-refractivity contribution in [3.8, 4) is 0 Å². The lowest BCUT2D eigenvalue weighted by molar-refractivity contribution is -0.118. The Labute approximate surface area is 81.8 Å². The monoisotopic (exact) mass is 237 g/mol. The molecule has 12 heavy (non-hydrogen) atoms. The molecule has 0 rings (SSSR count). The summed E-state index contributed by atoms with van der Waals surface area (Å²) in [5.74, 6) is -0.294. The number of nitrogens with two attached hydrogens (primary N) is 1. The van der Waals surface area contributed by atoms with Crippen LogP contribution in [0.5, 0.6) is 0 Å². The van der Waals surface area contributed by atoms with Crippen molar-refractivity contribution in [2.24, 2.45) is 5.73 Å². The largest absolute Gasteiger partial charge is 0.370 e. The average Bonchev–Trinajstić information content (AvgIpc) is 1.79. The Kier molecular flexibility index (Phi) is 4.78. The van der Waals surface area contributed by atoms with Crippen molar-refractivity contribution in [2.45, 2.75) is 44.2 Å². The lowest BCUT2D eigenvalue weighted by atomic mass is 10.2. The molecule has 2 N–H and O–H groups in total. The molecule has 3 nitrogen and oxygen atoms in total. The Balaban J connectivity index is 3.60. The molecule has 0 aliphatic heterocycles. The van der Waals surface area contributed by atoms with E-state index in [4.69, 9.17) is 10.5 Å². The lowest BCUT2D eigenvalue weighted by Gasteiger charge is -2.23. The summed E-state index contributed by atoms with van der Waals surface area (Å²) in [5.41, 5.74) is 4.80. The molecule has 0 saturated carbocycles. The van der Waals surface area contributed by atoms with Crippen LogP contribution in [0.1, 0.15) is 33.6 Å². The van der Waals surface area contributed by atoms with Crippen LogP contribution in [-0.2, 0) is 9.53 Å². The van der Waals surface area contributed by atoms with Gasteiger partial charge in [0, 0.05) is 6.42 Å². The first-order valence-electron chi connectivity index (χ1n) is 3.91. The number of carbonyl (C=O) groups excluding carboxylic acids is 1. The molecule has 0 aliphatic rings. The molecular formula is C8H16BrNO2. The molecule has 1 amide bonds. The minimum atomic E-state index is -0.294. The fraction of sp³-hybridized carbons (Fsp3) is 0.875. The SMILES string of the molecule is CC(C)(C)OC(Br)CCC(N)=O. The van der Waals surface area contributed by atoms with E-state index in [-0.39, 0.29) is 16.5 Å². The third kappa shape index (κ3) is 8.01. The Hall–Kier alpha value is -0.0900. The van der Waals surface area contributed by atoms with Gasteiger partial charge in [0.05, 0.1) is 5.60 Å². The number of hydrogen-bond donors (Lipinski definition) is 1. The predicted octanol–water partition coefficient (Wildman–Crippen LogP) is 1.79. The van der Waals surface area contributed by atoms with Crippen LogP contribution >= 0.6 is 15.9 Å². The molecule has 0 aromatic heterocycles. The molecule has 0 fully saturated rings. The standard InChI is InChI=1S/C8H16BrNO2/c1-8(2,3)12-6(9)4-5-7(10)11/h6H,4-5H2,1-3H3,(H2,10,11). The van der Waals surface area contributed by atoms with E-state index in [1.54, 1.807) is 0 Å². The van der Waals surface area contributed by atoms with Crippen LogP contribution in [0.25, 0.3) is 0 Å². The predicted molar refractivity (Wildman–Crippen MR) is 52.0 cm³/mol. The van der Waals surface area contributed by atoms with Gasteiger partial charge in [-0.15, -0.1) is 0 Å². The van der Waals surface area contributed by atoms with Crippen LogP contribution in [0, 0.1) is 0 Å². The van der Waals surface area contributed by atoms with Gasteiger partial charge in [0.25, 0.3) is 0 Å². The van der Waals surface area contributed by atoms with Crippen molar-refractivity contribution in [3.05, 3.63) is 0 Å². The number of alkyl halides is 1. The molecular weight excluding hydrogens is 222 g/mol. The summed E-state index contributed by atoms with van der Waals surface area (Å²) < 4.78 is 5.50. The second-order valence-corrected chi connectivity index (χ2v) is 4.67. The first kappa shape index (κ1) is 11.9. The number of rotatable bonds is 4. The maximum Gasteiger partial charge on any atom is 0.217 e. The molecule has 1 atom stereocenters. The van der Waals surface area contributed by atoms with Gasteiger partial charge in [0.15, 0.2) is 0 Å². The zero-order valence-electron chi connectivity index (χ0n) is 7.76. The van der Waals surface area contributed by atoms with Gasteiger partial charge < -0.3 is 10.5 Å². The molecule has 0 bridgehead atoms. The second kappa shape index (κ2) is 4.82. The van der Waals surface area contributed by atoms with E-state index >= 15 is 0 Å². The normalized spacial score (nSPS) is 14.3. The highest BCUT2D eigenvalue weighted by Gasteiger charge is 2.16. The quantitative estimate of drug-likeness (QED) is 0.759. The van der Waals surface area contributed by atoms with Crippen LogP contribution in [0.15, 0.2) is 0 Å². The molecule has 0 aromatic rings. The van der Waals surface area contributed by atoms with Crippen molar-refractivity contribution in [1.29, 1.82) is 0 Å². The van der Waals surface area contributed by atoms with Crippen LogP contribution in [0.4, 0.5) is 0 Å². The number of ether oxygens (including phenoxy) is 1. The van der Waals surface area contributed by atoms with Gasteiger partial charge in [0.2, 0.25) is 5.91 Å². The summed E-state index contributed by atoms with van der Waals surface area (Å²) in [6.07, 6.45) is 0.971. The average molecular weight is 238 g/mol. The highest BCUT2D eigenvalue weighted by atomic mass is 79.9. The van der Waals surface area contributed by atoms with Crippen LogP contribution in [-0.4, -0.2) is 16.5 Å². The van der Waals surface area contributed by atoms with Crippen molar-refractivity contribution < 1.29 is 9.53 Å². The Bertz CT molecular complexity index is 154. The van der Waals surface area contributed by atoms with Gasteiger partial charge in [-0.2, -0.15) is 0 Å². The molecule has 1 unspecified atom stereocenters. The molecule has 4 heteroatoms. The Morgan fingerprint density at radius 1 is 1.58 bits per heavy atom. The number of halogens is 1. The number of amides is 1. The zero-order chi connectivity index (χ0) is 9.78. The topological polar surface area (TPSA) is 52.3 Å². The first-order valence-corrected chi connectivity index (χ1v) is 4.83. The van der Waals surface area contributed by atoms with Crippen LogP contribution < -0.4 is 5.73 Å². The minimum Gasteiger partial charge on any atom is -0.370 e. The third-order valence-electron chi connectivity index (χ3n) is 1.10. The molecule has 0 radical (unpaired) electrons. The summed E-state index contributed by atoms with van der Waals surface area (Å²) in [5, 5.41) is -0.0926. The van der Waals surface area contributed by atoms with Crippen LogP contribution in [0.3, 0.4) is 0 Å². The van der Waals surface area contributed by atoms with E-state index in [1.807, 2.05) is 20.8 Å². The fourth-order valence-electron chi connectivity index (χ4n) is 0.698.